The maximum atomic E-state index is 13.9. The lowest BCUT2D eigenvalue weighted by Crippen LogP contribution is -2.29. The largest absolute Gasteiger partial charge is 0.478 e. The Hall–Kier alpha value is -2.17. The van der Waals surface area contributed by atoms with Crippen LogP contribution >= 0.6 is 0 Å². The Bertz CT molecular complexity index is 536. The molecule has 0 spiro atoms. The van der Waals surface area contributed by atoms with E-state index in [1.54, 1.807) is 0 Å². The molecule has 114 valence electrons. The molecule has 1 amide bonds. The van der Waals surface area contributed by atoms with Gasteiger partial charge in [-0.05, 0) is 29.7 Å². The van der Waals surface area contributed by atoms with E-state index in [0.29, 0.717) is 18.0 Å². The molecule has 2 N–H and O–H groups in total. The monoisotopic (exact) mass is 293 g/mol. The maximum absolute atomic E-state index is 13.9. The lowest BCUT2D eigenvalue weighted by Gasteiger charge is -2.13. The molecule has 5 heteroatoms. The molecule has 0 fully saturated rings. The van der Waals surface area contributed by atoms with Crippen LogP contribution < -0.4 is 5.32 Å². The fraction of sp³-hybridized carbons (Fsp3) is 0.375. The number of carbonyl (C=O) groups excluding carboxylic acids is 1. The molecule has 4 nitrogen and oxygen atoms in total. The summed E-state index contributed by atoms with van der Waals surface area (Å²) in [5, 5.41) is 11.2. The van der Waals surface area contributed by atoms with Crippen LogP contribution in [0.15, 0.2) is 24.3 Å². The predicted octanol–water partition coefficient (Wildman–Crippen LogP) is 3.09. The van der Waals surface area contributed by atoms with E-state index in [1.165, 1.54) is 18.2 Å². The van der Waals surface area contributed by atoms with Crippen LogP contribution in [-0.2, 0) is 4.79 Å². The van der Waals surface area contributed by atoms with Gasteiger partial charge in [0, 0.05) is 12.6 Å². The van der Waals surface area contributed by atoms with Gasteiger partial charge in [0.2, 0.25) is 0 Å². The number of hydrogen-bond acceptors (Lipinski definition) is 2. The number of carboxylic acids is 1. The Morgan fingerprint density at radius 3 is 2.52 bits per heavy atom. The van der Waals surface area contributed by atoms with Crippen molar-refractivity contribution in [3.63, 3.8) is 0 Å². The minimum Gasteiger partial charge on any atom is -0.478 e. The molecule has 1 rings (SSSR count). The Kier molecular flexibility index (Phi) is 6.59. The van der Waals surface area contributed by atoms with Crippen molar-refractivity contribution in [3.05, 3.63) is 41.2 Å². The lowest BCUT2D eigenvalue weighted by molar-refractivity contribution is -0.131. The molecule has 0 unspecified atom stereocenters. The number of carboxylic acid groups (broad SMARTS) is 1. The summed E-state index contributed by atoms with van der Waals surface area (Å²) < 4.78 is 13.9. The molecule has 1 aromatic rings. The van der Waals surface area contributed by atoms with Crippen LogP contribution in [-0.4, -0.2) is 23.5 Å². The third-order valence-electron chi connectivity index (χ3n) is 3.36. The van der Waals surface area contributed by atoms with Gasteiger partial charge < -0.3 is 10.4 Å². The quantitative estimate of drug-likeness (QED) is 0.759. The average molecular weight is 293 g/mol. The van der Waals surface area contributed by atoms with Gasteiger partial charge >= 0.3 is 5.97 Å². The first-order valence-electron chi connectivity index (χ1n) is 6.96. The zero-order valence-corrected chi connectivity index (χ0v) is 12.2. The van der Waals surface area contributed by atoms with E-state index in [4.69, 9.17) is 5.11 Å². The van der Waals surface area contributed by atoms with Crippen molar-refractivity contribution in [1.29, 1.82) is 0 Å². The van der Waals surface area contributed by atoms with Crippen molar-refractivity contribution in [3.8, 4) is 0 Å². The molecule has 0 heterocycles. The summed E-state index contributed by atoms with van der Waals surface area (Å²) in [4.78, 5) is 22.3. The first-order chi connectivity index (χ1) is 9.97. The second-order valence-corrected chi connectivity index (χ2v) is 4.80. The van der Waals surface area contributed by atoms with Crippen LogP contribution in [0.4, 0.5) is 4.39 Å². The van der Waals surface area contributed by atoms with Crippen molar-refractivity contribution in [2.75, 3.05) is 6.54 Å². The van der Waals surface area contributed by atoms with Crippen LogP contribution in [0.3, 0.4) is 0 Å². The molecular weight excluding hydrogens is 273 g/mol. The maximum Gasteiger partial charge on any atom is 0.328 e. The minimum atomic E-state index is -1.11. The molecule has 0 radical (unpaired) electrons. The van der Waals surface area contributed by atoms with Crippen molar-refractivity contribution in [2.24, 2.45) is 5.92 Å². The van der Waals surface area contributed by atoms with Gasteiger partial charge in [-0.1, -0.05) is 32.8 Å². The van der Waals surface area contributed by atoms with E-state index < -0.39 is 17.7 Å². The normalized spacial score (nSPS) is 11.0. The number of rotatable bonds is 7. The number of aliphatic carboxylic acids is 1. The van der Waals surface area contributed by atoms with Gasteiger partial charge in [-0.2, -0.15) is 0 Å². The van der Waals surface area contributed by atoms with E-state index in [-0.39, 0.29) is 5.56 Å². The van der Waals surface area contributed by atoms with Gasteiger partial charge in [-0.15, -0.1) is 0 Å². The predicted molar refractivity (Wildman–Crippen MR) is 79.5 cm³/mol. The van der Waals surface area contributed by atoms with Gasteiger partial charge in [0.1, 0.15) is 5.82 Å². The first-order valence-corrected chi connectivity index (χ1v) is 6.96. The highest BCUT2D eigenvalue weighted by atomic mass is 19.1. The Morgan fingerprint density at radius 1 is 1.33 bits per heavy atom. The fourth-order valence-electron chi connectivity index (χ4n) is 1.90. The first kappa shape index (κ1) is 16.9. The molecular formula is C16H20FNO3. The Balaban J connectivity index is 2.75. The number of amides is 1. The van der Waals surface area contributed by atoms with Crippen LogP contribution in [0.5, 0.6) is 0 Å². The summed E-state index contributed by atoms with van der Waals surface area (Å²) in [7, 11) is 0. The molecule has 0 aliphatic carbocycles. The number of hydrogen-bond donors (Lipinski definition) is 2. The topological polar surface area (TPSA) is 66.4 Å². The third-order valence-corrected chi connectivity index (χ3v) is 3.36. The number of halogens is 1. The fourth-order valence-corrected chi connectivity index (χ4v) is 1.90. The summed E-state index contributed by atoms with van der Waals surface area (Å²) in [6, 6.07) is 4.01. The second-order valence-electron chi connectivity index (χ2n) is 4.80. The molecule has 0 aromatic heterocycles. The minimum absolute atomic E-state index is 0.0339. The van der Waals surface area contributed by atoms with Gasteiger partial charge in [-0.25, -0.2) is 9.18 Å². The molecule has 0 aliphatic rings. The highest BCUT2D eigenvalue weighted by Gasteiger charge is 2.13. The summed E-state index contributed by atoms with van der Waals surface area (Å²) >= 11 is 0. The summed E-state index contributed by atoms with van der Waals surface area (Å²) in [6.07, 6.45) is 4.11. The summed E-state index contributed by atoms with van der Waals surface area (Å²) in [5.41, 5.74) is 0.361. The highest BCUT2D eigenvalue weighted by molar-refractivity contribution is 5.94. The van der Waals surface area contributed by atoms with Crippen molar-refractivity contribution >= 4 is 18.0 Å². The van der Waals surface area contributed by atoms with Crippen LogP contribution in [0.25, 0.3) is 6.08 Å². The van der Waals surface area contributed by atoms with E-state index in [2.05, 4.69) is 5.32 Å². The smallest absolute Gasteiger partial charge is 0.328 e. The molecule has 0 aliphatic heterocycles. The molecule has 0 saturated heterocycles. The number of benzene rings is 1. The van der Waals surface area contributed by atoms with Crippen molar-refractivity contribution in [1.82, 2.24) is 5.32 Å². The second kappa shape index (κ2) is 8.19. The van der Waals surface area contributed by atoms with E-state index in [0.717, 1.165) is 25.0 Å². The number of carbonyl (C=O) groups is 2. The van der Waals surface area contributed by atoms with E-state index in [1.807, 2.05) is 13.8 Å². The third kappa shape index (κ3) is 5.38. The molecule has 0 bridgehead atoms. The zero-order valence-electron chi connectivity index (χ0n) is 12.2. The number of nitrogens with one attached hydrogen (secondary N) is 1. The zero-order chi connectivity index (χ0) is 15.8. The molecule has 0 saturated carbocycles. The van der Waals surface area contributed by atoms with E-state index >= 15 is 0 Å². The van der Waals surface area contributed by atoms with Crippen molar-refractivity contribution < 1.29 is 19.1 Å². The van der Waals surface area contributed by atoms with Gasteiger partial charge in [0.25, 0.3) is 5.91 Å². The van der Waals surface area contributed by atoms with E-state index in [9.17, 15) is 14.0 Å². The standard InChI is InChI=1S/C16H20FNO3/c1-3-11(4-2)10-18-16(21)13-7-5-12(9-14(13)17)6-8-15(19)20/h5-9,11H,3-4,10H2,1-2H3,(H,18,21)(H,19,20)/b8-6+. The summed E-state index contributed by atoms with van der Waals surface area (Å²) in [5.74, 6) is -1.84. The Labute approximate surface area is 123 Å². The van der Waals surface area contributed by atoms with Gasteiger partial charge in [0.05, 0.1) is 5.56 Å². The molecule has 21 heavy (non-hydrogen) atoms. The van der Waals surface area contributed by atoms with Gasteiger partial charge in [-0.3, -0.25) is 4.79 Å². The van der Waals surface area contributed by atoms with Gasteiger partial charge in [0.15, 0.2) is 0 Å². The SMILES string of the molecule is CCC(CC)CNC(=O)c1ccc(/C=C/C(=O)O)cc1F. The van der Waals surface area contributed by atoms with Crippen LogP contribution in [0.1, 0.15) is 42.6 Å². The van der Waals surface area contributed by atoms with Crippen LogP contribution in [0.2, 0.25) is 0 Å². The van der Waals surface area contributed by atoms with Crippen LogP contribution in [0, 0.1) is 11.7 Å². The lowest BCUT2D eigenvalue weighted by atomic mass is 10.0. The molecule has 0 atom stereocenters. The molecule has 1 aromatic carbocycles. The Morgan fingerprint density at radius 2 is 2.00 bits per heavy atom. The van der Waals surface area contributed by atoms with Crippen molar-refractivity contribution in [2.45, 2.75) is 26.7 Å². The summed E-state index contributed by atoms with van der Waals surface area (Å²) in [6.45, 7) is 4.61. The average Bonchev–Trinajstić information content (AvgIpc) is 2.46. The highest BCUT2D eigenvalue weighted by Crippen LogP contribution is 2.13.